The molecule has 1 aliphatic rings. The number of aryl methyl sites for hydroxylation is 1. The topological polar surface area (TPSA) is 47.8 Å². The summed E-state index contributed by atoms with van der Waals surface area (Å²) in [7, 11) is 0. The van der Waals surface area contributed by atoms with Crippen LogP contribution in [-0.4, -0.2) is 21.1 Å². The van der Waals surface area contributed by atoms with Crippen molar-refractivity contribution in [2.45, 2.75) is 25.3 Å². The smallest absolute Gasteiger partial charge is 0.181 e. The Balaban J connectivity index is 2.04. The first-order valence-electron chi connectivity index (χ1n) is 5.84. The molecule has 0 N–H and O–H groups in total. The van der Waals surface area contributed by atoms with Gasteiger partial charge in [-0.15, -0.1) is 0 Å². The Morgan fingerprint density at radius 3 is 2.88 bits per heavy atom. The van der Waals surface area contributed by atoms with Gasteiger partial charge in [0, 0.05) is 12.1 Å². The third kappa shape index (κ3) is 1.75. The predicted molar refractivity (Wildman–Crippen MR) is 63.5 cm³/mol. The van der Waals surface area contributed by atoms with Gasteiger partial charge in [-0.1, -0.05) is 30.3 Å². The van der Waals surface area contributed by atoms with Crippen LogP contribution in [0, 0.1) is 0 Å². The van der Waals surface area contributed by atoms with E-state index in [9.17, 15) is 4.79 Å². The van der Waals surface area contributed by atoms with E-state index >= 15 is 0 Å². The minimum absolute atomic E-state index is 0.0892. The van der Waals surface area contributed by atoms with Crippen molar-refractivity contribution in [2.75, 3.05) is 0 Å². The molecule has 0 saturated heterocycles. The van der Waals surface area contributed by atoms with Gasteiger partial charge < -0.3 is 4.79 Å². The number of nitrogens with zero attached hydrogens (tertiary/aromatic N) is 3. The van der Waals surface area contributed by atoms with Gasteiger partial charge >= 0.3 is 0 Å². The summed E-state index contributed by atoms with van der Waals surface area (Å²) in [5.74, 6) is 1.44. The molecule has 1 aromatic carbocycles. The van der Waals surface area contributed by atoms with E-state index in [1.807, 2.05) is 35.0 Å². The summed E-state index contributed by atoms with van der Waals surface area (Å²) in [5.41, 5.74) is 0.999. The molecule has 4 nitrogen and oxygen atoms in total. The maximum atomic E-state index is 11.0. The molecular weight excluding hydrogens is 214 g/mol. The molecule has 1 aliphatic heterocycles. The van der Waals surface area contributed by atoms with Gasteiger partial charge in [-0.3, -0.25) is 0 Å². The molecule has 86 valence electrons. The molecule has 2 aromatic rings. The molecule has 0 amide bonds. The van der Waals surface area contributed by atoms with Crippen molar-refractivity contribution in [1.82, 2.24) is 14.8 Å². The number of carbonyl (C=O) groups excluding carboxylic acids is 1. The molecule has 0 bridgehead atoms. The van der Waals surface area contributed by atoms with Gasteiger partial charge in [-0.25, -0.2) is 9.67 Å². The first-order chi connectivity index (χ1) is 8.38. The summed E-state index contributed by atoms with van der Waals surface area (Å²) in [5, 5.41) is 4.47. The lowest BCUT2D eigenvalue weighted by Crippen LogP contribution is -2.17. The molecule has 2 heterocycles. The zero-order valence-corrected chi connectivity index (χ0v) is 9.41. The average molecular weight is 227 g/mol. The summed E-state index contributed by atoms with van der Waals surface area (Å²) in [6.45, 7) is 0.861. The fraction of sp³-hybridized carbons (Fsp3) is 0.308. The zero-order chi connectivity index (χ0) is 11.7. The largest absolute Gasteiger partial charge is 0.303 e. The molecule has 1 atom stereocenters. The first-order valence-corrected chi connectivity index (χ1v) is 5.84. The lowest BCUT2D eigenvalue weighted by molar-refractivity contribution is -0.109. The second-order valence-electron chi connectivity index (χ2n) is 4.27. The van der Waals surface area contributed by atoms with Gasteiger partial charge in [0.15, 0.2) is 5.82 Å². The third-order valence-corrected chi connectivity index (χ3v) is 3.11. The Kier molecular flexibility index (Phi) is 2.48. The van der Waals surface area contributed by atoms with Crippen LogP contribution in [0.25, 0.3) is 11.4 Å². The number of hydrogen-bond acceptors (Lipinski definition) is 3. The van der Waals surface area contributed by atoms with Crippen LogP contribution < -0.4 is 0 Å². The number of rotatable bonds is 2. The SMILES string of the molecule is O=CC1CCCn2nc(-c3ccccc3)nc21. The van der Waals surface area contributed by atoms with Crippen LogP contribution in [0.1, 0.15) is 24.6 Å². The highest BCUT2D eigenvalue weighted by Gasteiger charge is 2.23. The van der Waals surface area contributed by atoms with Crippen molar-refractivity contribution < 1.29 is 4.79 Å². The van der Waals surface area contributed by atoms with Crippen molar-refractivity contribution in [1.29, 1.82) is 0 Å². The Morgan fingerprint density at radius 2 is 2.12 bits per heavy atom. The van der Waals surface area contributed by atoms with E-state index in [1.54, 1.807) is 0 Å². The number of benzene rings is 1. The minimum Gasteiger partial charge on any atom is -0.303 e. The minimum atomic E-state index is -0.0892. The molecule has 0 spiro atoms. The standard InChI is InChI=1S/C13H13N3O/c17-9-11-7-4-8-16-13(11)14-12(15-16)10-5-2-1-3-6-10/h1-3,5-6,9,11H,4,7-8H2. The number of aldehydes is 1. The van der Waals surface area contributed by atoms with E-state index in [0.717, 1.165) is 37.1 Å². The summed E-state index contributed by atoms with van der Waals surface area (Å²) >= 11 is 0. The van der Waals surface area contributed by atoms with Gasteiger partial charge in [-0.2, -0.15) is 5.10 Å². The lowest BCUT2D eigenvalue weighted by Gasteiger charge is -2.16. The molecule has 3 rings (SSSR count). The number of carbonyl (C=O) groups is 1. The third-order valence-electron chi connectivity index (χ3n) is 3.11. The summed E-state index contributed by atoms with van der Waals surface area (Å²) in [4.78, 5) is 15.5. The van der Waals surface area contributed by atoms with Crippen molar-refractivity contribution in [3.8, 4) is 11.4 Å². The molecule has 0 radical (unpaired) electrons. The Morgan fingerprint density at radius 1 is 1.29 bits per heavy atom. The first kappa shape index (κ1) is 10.2. The fourth-order valence-corrected chi connectivity index (χ4v) is 2.22. The maximum absolute atomic E-state index is 11.0. The summed E-state index contributed by atoms with van der Waals surface area (Å²) in [6, 6.07) is 9.86. The zero-order valence-electron chi connectivity index (χ0n) is 9.41. The molecule has 0 fully saturated rings. The molecule has 0 saturated carbocycles. The highest BCUT2D eigenvalue weighted by atomic mass is 16.1. The van der Waals surface area contributed by atoms with E-state index in [-0.39, 0.29) is 5.92 Å². The van der Waals surface area contributed by atoms with Gasteiger partial charge in [0.25, 0.3) is 0 Å². The Labute approximate surface area is 99.3 Å². The van der Waals surface area contributed by atoms with E-state index in [4.69, 9.17) is 0 Å². The van der Waals surface area contributed by atoms with Gasteiger partial charge in [0.2, 0.25) is 0 Å². The van der Waals surface area contributed by atoms with E-state index in [1.165, 1.54) is 0 Å². The Bertz CT molecular complexity index is 533. The van der Waals surface area contributed by atoms with Crippen LogP contribution in [0.15, 0.2) is 30.3 Å². The van der Waals surface area contributed by atoms with Crippen molar-refractivity contribution in [3.05, 3.63) is 36.2 Å². The van der Waals surface area contributed by atoms with Crippen LogP contribution >= 0.6 is 0 Å². The van der Waals surface area contributed by atoms with Crippen LogP contribution in [0.3, 0.4) is 0 Å². The summed E-state index contributed by atoms with van der Waals surface area (Å²) < 4.78 is 1.87. The Hall–Kier alpha value is -1.97. The molecular formula is C13H13N3O. The van der Waals surface area contributed by atoms with E-state index < -0.39 is 0 Å². The monoisotopic (exact) mass is 227 g/mol. The number of aromatic nitrogens is 3. The van der Waals surface area contributed by atoms with Crippen LogP contribution in [-0.2, 0) is 11.3 Å². The van der Waals surface area contributed by atoms with Crippen LogP contribution in [0.5, 0.6) is 0 Å². The fourth-order valence-electron chi connectivity index (χ4n) is 2.22. The molecule has 1 aromatic heterocycles. The van der Waals surface area contributed by atoms with Gasteiger partial charge in [0.1, 0.15) is 12.1 Å². The van der Waals surface area contributed by atoms with Crippen LogP contribution in [0.4, 0.5) is 0 Å². The highest BCUT2D eigenvalue weighted by Crippen LogP contribution is 2.26. The second kappa shape index (κ2) is 4.13. The molecule has 4 heteroatoms. The molecule has 0 aliphatic carbocycles. The van der Waals surface area contributed by atoms with E-state index in [0.29, 0.717) is 5.82 Å². The van der Waals surface area contributed by atoms with E-state index in [2.05, 4.69) is 10.1 Å². The van der Waals surface area contributed by atoms with Crippen LogP contribution in [0.2, 0.25) is 0 Å². The van der Waals surface area contributed by atoms with Crippen molar-refractivity contribution >= 4 is 6.29 Å². The predicted octanol–water partition coefficient (Wildman–Crippen LogP) is 2.02. The number of fused-ring (bicyclic) bond motifs is 1. The normalized spacial score (nSPS) is 18.7. The molecule has 1 unspecified atom stereocenters. The maximum Gasteiger partial charge on any atom is 0.181 e. The quantitative estimate of drug-likeness (QED) is 0.737. The lowest BCUT2D eigenvalue weighted by atomic mass is 10.0. The highest BCUT2D eigenvalue weighted by molar-refractivity contribution is 5.61. The van der Waals surface area contributed by atoms with Gasteiger partial charge in [-0.05, 0) is 12.8 Å². The van der Waals surface area contributed by atoms with Crippen molar-refractivity contribution in [2.24, 2.45) is 0 Å². The number of hydrogen-bond donors (Lipinski definition) is 0. The molecule has 17 heavy (non-hydrogen) atoms. The second-order valence-corrected chi connectivity index (χ2v) is 4.27. The summed E-state index contributed by atoms with van der Waals surface area (Å²) in [6.07, 6.45) is 2.86. The van der Waals surface area contributed by atoms with Crippen molar-refractivity contribution in [3.63, 3.8) is 0 Å². The average Bonchev–Trinajstić information content (AvgIpc) is 2.83. The van der Waals surface area contributed by atoms with Gasteiger partial charge in [0.05, 0.1) is 5.92 Å².